The molecule has 0 aromatic heterocycles. The minimum atomic E-state index is -5.25. The molecule has 0 unspecified atom stereocenters. The Hall–Kier alpha value is -4.01. The zero-order valence-corrected chi connectivity index (χ0v) is 17.8. The van der Waals surface area contributed by atoms with Crippen LogP contribution < -0.4 is 0 Å². The summed E-state index contributed by atoms with van der Waals surface area (Å²) >= 11 is 0. The highest BCUT2D eigenvalue weighted by Crippen LogP contribution is 2.33. The van der Waals surface area contributed by atoms with Crippen LogP contribution in [-0.4, -0.2) is 28.3 Å². The van der Waals surface area contributed by atoms with E-state index in [0.29, 0.717) is 24.8 Å². The summed E-state index contributed by atoms with van der Waals surface area (Å²) in [7, 11) is 0. The molecule has 0 amide bonds. The Bertz CT molecular complexity index is 1130. The van der Waals surface area contributed by atoms with Crippen LogP contribution in [0.15, 0.2) is 72.5 Å². The third-order valence-electron chi connectivity index (χ3n) is 4.80. The molecule has 0 spiro atoms. The SMILES string of the molecule is O=C1O[C@H](c2ccccc2)C/C=C/CC/C=C/C(OC(=O)C(F)(F)F)=C/c2cc(O)cc(O)c21. The number of carbonyl (C=O) groups excluding carboxylic acids is 2. The number of hydrogen-bond acceptors (Lipinski definition) is 6. The van der Waals surface area contributed by atoms with Crippen LogP contribution >= 0.6 is 0 Å². The number of phenols is 2. The van der Waals surface area contributed by atoms with Crippen molar-refractivity contribution < 1.29 is 42.4 Å². The maximum Gasteiger partial charge on any atom is 0.491 e. The van der Waals surface area contributed by atoms with E-state index < -0.39 is 47.0 Å². The Labute approximate surface area is 193 Å². The Kier molecular flexibility index (Phi) is 7.78. The molecule has 178 valence electrons. The zero-order chi connectivity index (χ0) is 24.7. The smallest absolute Gasteiger partial charge is 0.491 e. The molecule has 2 N–H and O–H groups in total. The number of fused-ring (bicyclic) bond motifs is 1. The number of allylic oxidation sites excluding steroid dienone is 3. The van der Waals surface area contributed by atoms with E-state index in [-0.39, 0.29) is 5.56 Å². The maximum absolute atomic E-state index is 13.1. The van der Waals surface area contributed by atoms with Gasteiger partial charge < -0.3 is 19.7 Å². The fraction of sp³-hybridized carbons (Fsp3) is 0.200. The molecule has 0 saturated heterocycles. The molecule has 0 saturated carbocycles. The summed E-state index contributed by atoms with van der Waals surface area (Å²) in [5.74, 6) is -5.09. The molecule has 3 rings (SSSR count). The van der Waals surface area contributed by atoms with Gasteiger partial charge in [-0.05, 0) is 36.6 Å². The molecule has 34 heavy (non-hydrogen) atoms. The van der Waals surface area contributed by atoms with Gasteiger partial charge >= 0.3 is 18.1 Å². The molecule has 1 aliphatic rings. The van der Waals surface area contributed by atoms with E-state index in [9.17, 15) is 33.0 Å². The van der Waals surface area contributed by atoms with Crippen molar-refractivity contribution in [2.45, 2.75) is 31.5 Å². The van der Waals surface area contributed by atoms with E-state index in [4.69, 9.17) is 4.74 Å². The van der Waals surface area contributed by atoms with E-state index in [2.05, 4.69) is 4.74 Å². The van der Waals surface area contributed by atoms with Crippen LogP contribution in [0.3, 0.4) is 0 Å². The fourth-order valence-corrected chi connectivity index (χ4v) is 3.24. The van der Waals surface area contributed by atoms with Gasteiger partial charge in [0, 0.05) is 18.1 Å². The van der Waals surface area contributed by atoms with Crippen LogP contribution in [-0.2, 0) is 14.3 Å². The first kappa shape index (κ1) is 24.6. The lowest BCUT2D eigenvalue weighted by Crippen LogP contribution is -2.24. The first-order valence-corrected chi connectivity index (χ1v) is 10.3. The molecule has 1 atom stereocenters. The minimum absolute atomic E-state index is 0.198. The molecule has 2 aromatic rings. The summed E-state index contributed by atoms with van der Waals surface area (Å²) in [4.78, 5) is 24.5. The van der Waals surface area contributed by atoms with Gasteiger partial charge in [-0.3, -0.25) is 0 Å². The summed E-state index contributed by atoms with van der Waals surface area (Å²) in [6.45, 7) is 0. The number of hydrogen-bond donors (Lipinski definition) is 2. The predicted octanol–water partition coefficient (Wildman–Crippen LogP) is 5.74. The van der Waals surface area contributed by atoms with Gasteiger partial charge in [-0.2, -0.15) is 13.2 Å². The third-order valence-corrected chi connectivity index (χ3v) is 4.80. The van der Waals surface area contributed by atoms with Gasteiger partial charge in [0.15, 0.2) is 0 Å². The van der Waals surface area contributed by atoms with Gasteiger partial charge in [0.2, 0.25) is 0 Å². The molecular formula is C25H21F3O6. The largest absolute Gasteiger partial charge is 0.508 e. The van der Waals surface area contributed by atoms with Crippen molar-refractivity contribution in [3.63, 3.8) is 0 Å². The highest BCUT2D eigenvalue weighted by Gasteiger charge is 2.41. The molecule has 1 aliphatic heterocycles. The lowest BCUT2D eigenvalue weighted by Gasteiger charge is -2.19. The van der Waals surface area contributed by atoms with Gasteiger partial charge in [-0.1, -0.05) is 48.6 Å². The van der Waals surface area contributed by atoms with Gasteiger partial charge in [0.05, 0.1) is 0 Å². The number of esters is 2. The molecule has 0 bridgehead atoms. The molecule has 2 aromatic carbocycles. The van der Waals surface area contributed by atoms with Crippen molar-refractivity contribution in [1.82, 2.24) is 0 Å². The lowest BCUT2D eigenvalue weighted by atomic mass is 10.0. The van der Waals surface area contributed by atoms with Gasteiger partial charge in [0.1, 0.15) is 28.9 Å². The monoisotopic (exact) mass is 474 g/mol. The highest BCUT2D eigenvalue weighted by atomic mass is 19.4. The second-order valence-electron chi connectivity index (χ2n) is 7.35. The average molecular weight is 474 g/mol. The van der Waals surface area contributed by atoms with E-state index in [1.54, 1.807) is 30.3 Å². The lowest BCUT2D eigenvalue weighted by molar-refractivity contribution is -0.194. The summed E-state index contributed by atoms with van der Waals surface area (Å²) in [5, 5.41) is 20.3. The van der Waals surface area contributed by atoms with Gasteiger partial charge in [0.25, 0.3) is 0 Å². The van der Waals surface area contributed by atoms with Crippen molar-refractivity contribution in [2.24, 2.45) is 0 Å². The topological polar surface area (TPSA) is 93.1 Å². The van der Waals surface area contributed by atoms with Crippen LogP contribution in [0.1, 0.15) is 46.9 Å². The van der Waals surface area contributed by atoms with Crippen LogP contribution in [0, 0.1) is 0 Å². The van der Waals surface area contributed by atoms with Crippen molar-refractivity contribution >= 4 is 18.0 Å². The number of phenolic OH excluding ortho intramolecular Hbond substituents is 2. The highest BCUT2D eigenvalue weighted by molar-refractivity contribution is 5.97. The quantitative estimate of drug-likeness (QED) is 0.426. The van der Waals surface area contributed by atoms with E-state index in [1.807, 2.05) is 12.2 Å². The molecule has 0 fully saturated rings. The molecule has 1 heterocycles. The predicted molar refractivity (Wildman–Crippen MR) is 117 cm³/mol. The van der Waals surface area contributed by atoms with Crippen molar-refractivity contribution in [1.29, 1.82) is 0 Å². The number of carbonyl (C=O) groups is 2. The number of cyclic esters (lactones) is 1. The van der Waals surface area contributed by atoms with Crippen molar-refractivity contribution in [3.05, 3.63) is 89.2 Å². The van der Waals surface area contributed by atoms with E-state index >= 15 is 0 Å². The van der Waals surface area contributed by atoms with Crippen LogP contribution in [0.5, 0.6) is 11.5 Å². The van der Waals surface area contributed by atoms with E-state index in [0.717, 1.165) is 24.3 Å². The van der Waals surface area contributed by atoms with Crippen LogP contribution in [0.4, 0.5) is 13.2 Å². The standard InChI is InChI=1S/C25H21F3O6/c26-25(27,28)24(32)33-19-11-7-2-1-3-8-12-21(16-9-5-4-6-10-16)34-23(31)22-17(14-19)13-18(29)15-20(22)30/h3-11,13-15,21,29-30H,1-2,12H2/b8-3+,11-7+,19-14-/t21-/m0/s1. The molecular weight excluding hydrogens is 453 g/mol. The zero-order valence-electron chi connectivity index (χ0n) is 17.8. The number of rotatable bonds is 2. The van der Waals surface area contributed by atoms with Crippen LogP contribution in [0.25, 0.3) is 6.08 Å². The molecule has 9 heteroatoms. The van der Waals surface area contributed by atoms with Gasteiger partial charge in [-0.15, -0.1) is 0 Å². The first-order chi connectivity index (χ1) is 16.1. The Morgan fingerprint density at radius 1 is 1.03 bits per heavy atom. The average Bonchev–Trinajstić information content (AvgIpc) is 2.76. The first-order valence-electron chi connectivity index (χ1n) is 10.3. The van der Waals surface area contributed by atoms with E-state index in [1.165, 1.54) is 6.08 Å². The van der Waals surface area contributed by atoms with Gasteiger partial charge in [-0.25, -0.2) is 9.59 Å². The normalized spacial score (nSPS) is 20.6. The Balaban J connectivity index is 2.09. The number of halogens is 3. The molecule has 6 nitrogen and oxygen atoms in total. The molecule has 0 radical (unpaired) electrons. The fourth-order valence-electron chi connectivity index (χ4n) is 3.24. The third kappa shape index (κ3) is 6.50. The maximum atomic E-state index is 13.1. The van der Waals surface area contributed by atoms with Crippen molar-refractivity contribution in [2.75, 3.05) is 0 Å². The van der Waals surface area contributed by atoms with Crippen molar-refractivity contribution in [3.8, 4) is 11.5 Å². The number of benzene rings is 2. The summed E-state index contributed by atoms with van der Waals surface area (Å²) in [6.07, 6.45) is 2.56. The Morgan fingerprint density at radius 2 is 1.74 bits per heavy atom. The molecule has 0 aliphatic carbocycles. The second kappa shape index (κ2) is 10.7. The Morgan fingerprint density at radius 3 is 2.44 bits per heavy atom. The summed E-state index contributed by atoms with van der Waals surface area (Å²) in [5.41, 5.74) is 0.0907. The number of ether oxygens (including phenoxy) is 2. The summed E-state index contributed by atoms with van der Waals surface area (Å²) < 4.78 is 48.3. The van der Waals surface area contributed by atoms with Crippen LogP contribution in [0.2, 0.25) is 0 Å². The minimum Gasteiger partial charge on any atom is -0.508 e. The second-order valence-corrected chi connectivity index (χ2v) is 7.35. The number of alkyl halides is 3. The number of aromatic hydroxyl groups is 2. The summed E-state index contributed by atoms with van der Waals surface area (Å²) in [6, 6.07) is 10.8.